The van der Waals surface area contributed by atoms with E-state index in [2.05, 4.69) is 36.1 Å². The SMILES string of the molecule is COC(=O)Nc1cccc2c(NC(=O)C3c4ccccc4CCN3C(=O)C=Cc3cc(Cl)ccc3-n3cnnn3)noc12. The van der Waals surface area contributed by atoms with Crippen LogP contribution in [-0.2, 0) is 20.7 Å². The number of aromatic nitrogens is 5. The van der Waals surface area contributed by atoms with Gasteiger partial charge in [0.05, 0.1) is 23.9 Å². The Balaban J connectivity index is 1.30. The van der Waals surface area contributed by atoms with Gasteiger partial charge in [0, 0.05) is 23.2 Å². The number of ether oxygens (including phenoxy) is 1. The Morgan fingerprint density at radius 2 is 1.95 bits per heavy atom. The Morgan fingerprint density at radius 1 is 1.09 bits per heavy atom. The summed E-state index contributed by atoms with van der Waals surface area (Å²) in [5, 5.41) is 21.6. The number of hydrogen-bond acceptors (Lipinski definition) is 9. The fourth-order valence-electron chi connectivity index (χ4n) is 4.98. The summed E-state index contributed by atoms with van der Waals surface area (Å²) in [6.07, 6.45) is 4.33. The maximum Gasteiger partial charge on any atom is 0.411 e. The molecule has 0 radical (unpaired) electrons. The molecule has 216 valence electrons. The molecule has 0 fully saturated rings. The number of halogens is 1. The molecular formula is C29H23ClN8O5. The summed E-state index contributed by atoms with van der Waals surface area (Å²) in [4.78, 5) is 40.8. The predicted octanol–water partition coefficient (Wildman–Crippen LogP) is 4.41. The van der Waals surface area contributed by atoms with Crippen LogP contribution in [0.2, 0.25) is 5.02 Å². The van der Waals surface area contributed by atoms with Crippen molar-refractivity contribution in [3.8, 4) is 5.69 Å². The maximum atomic E-state index is 13.9. The topological polar surface area (TPSA) is 157 Å². The molecule has 13 nitrogen and oxygen atoms in total. The van der Waals surface area contributed by atoms with E-state index in [-0.39, 0.29) is 17.3 Å². The number of amides is 3. The summed E-state index contributed by atoms with van der Waals surface area (Å²) in [5.74, 6) is -0.719. The van der Waals surface area contributed by atoms with E-state index in [1.807, 2.05) is 24.3 Å². The summed E-state index contributed by atoms with van der Waals surface area (Å²) in [6, 6.07) is 16.6. The van der Waals surface area contributed by atoms with Gasteiger partial charge in [-0.2, -0.15) is 4.68 Å². The largest absolute Gasteiger partial charge is 0.453 e. The number of fused-ring (bicyclic) bond motifs is 2. The fourth-order valence-corrected chi connectivity index (χ4v) is 5.16. The molecule has 2 aromatic heterocycles. The van der Waals surface area contributed by atoms with Crippen molar-refractivity contribution in [2.75, 3.05) is 24.3 Å². The molecule has 43 heavy (non-hydrogen) atoms. The minimum absolute atomic E-state index is 0.143. The number of methoxy groups -OCH3 is 1. The van der Waals surface area contributed by atoms with Crippen molar-refractivity contribution < 1.29 is 23.6 Å². The standard InChI is InChI=1S/C29H23ClN8O5/c1-42-29(41)32-22-8-4-7-21-26(22)43-34-27(21)33-28(40)25-20-6-3-2-5-17(20)13-14-37(25)24(39)12-9-18-15-19(30)10-11-23(18)38-16-31-35-36-38/h2-12,15-16,25H,13-14H2,1H3,(H,32,41)(H,33,34,40). The number of carbonyl (C=O) groups excluding carboxylic acids is 3. The lowest BCUT2D eigenvalue weighted by atomic mass is 9.91. The lowest BCUT2D eigenvalue weighted by Gasteiger charge is -2.35. The van der Waals surface area contributed by atoms with Gasteiger partial charge in [-0.1, -0.05) is 47.1 Å². The number of para-hydroxylation sites is 1. The van der Waals surface area contributed by atoms with Gasteiger partial charge in [0.15, 0.2) is 11.4 Å². The monoisotopic (exact) mass is 598 g/mol. The Kier molecular flexibility index (Phi) is 7.54. The molecule has 6 rings (SSSR count). The van der Waals surface area contributed by atoms with E-state index in [9.17, 15) is 14.4 Å². The highest BCUT2D eigenvalue weighted by atomic mass is 35.5. The van der Waals surface area contributed by atoms with Crippen LogP contribution in [0, 0.1) is 0 Å². The molecule has 3 heterocycles. The molecule has 3 aromatic carbocycles. The van der Waals surface area contributed by atoms with Gasteiger partial charge in [-0.15, -0.1) is 5.10 Å². The molecule has 3 amide bonds. The van der Waals surface area contributed by atoms with Crippen LogP contribution in [0.15, 0.2) is 77.6 Å². The third-order valence-electron chi connectivity index (χ3n) is 6.97. The molecular weight excluding hydrogens is 576 g/mol. The van der Waals surface area contributed by atoms with Crippen molar-refractivity contribution in [3.63, 3.8) is 0 Å². The highest BCUT2D eigenvalue weighted by Gasteiger charge is 2.35. The van der Waals surface area contributed by atoms with Crippen molar-refractivity contribution in [2.24, 2.45) is 0 Å². The lowest BCUT2D eigenvalue weighted by molar-refractivity contribution is -0.135. The van der Waals surface area contributed by atoms with E-state index in [4.69, 9.17) is 16.1 Å². The van der Waals surface area contributed by atoms with Gasteiger partial charge in [-0.05, 0) is 64.4 Å². The summed E-state index contributed by atoms with van der Waals surface area (Å²) in [7, 11) is 1.24. The number of hydrogen-bond donors (Lipinski definition) is 2. The third-order valence-corrected chi connectivity index (χ3v) is 7.20. The van der Waals surface area contributed by atoms with E-state index >= 15 is 0 Å². The first-order valence-corrected chi connectivity index (χ1v) is 13.4. The minimum atomic E-state index is -0.955. The average molecular weight is 599 g/mol. The molecule has 2 N–H and O–H groups in total. The molecule has 0 saturated carbocycles. The van der Waals surface area contributed by atoms with Crippen LogP contribution in [0.1, 0.15) is 22.7 Å². The van der Waals surface area contributed by atoms with Crippen molar-refractivity contribution in [2.45, 2.75) is 12.5 Å². The summed E-state index contributed by atoms with van der Waals surface area (Å²) >= 11 is 6.23. The van der Waals surface area contributed by atoms with Crippen LogP contribution < -0.4 is 10.6 Å². The second-order valence-corrected chi connectivity index (χ2v) is 9.93. The number of rotatable bonds is 6. The van der Waals surface area contributed by atoms with Gasteiger partial charge < -0.3 is 19.5 Å². The first-order valence-electron chi connectivity index (χ1n) is 13.1. The molecule has 0 bridgehead atoms. The number of carbonyl (C=O) groups is 3. The number of anilines is 2. The molecule has 14 heteroatoms. The van der Waals surface area contributed by atoms with Crippen molar-refractivity contribution in [1.82, 2.24) is 30.3 Å². The maximum absolute atomic E-state index is 13.9. The molecule has 1 atom stereocenters. The zero-order valence-corrected chi connectivity index (χ0v) is 23.4. The second-order valence-electron chi connectivity index (χ2n) is 9.49. The molecule has 0 spiro atoms. The van der Waals surface area contributed by atoms with Crippen LogP contribution in [0.4, 0.5) is 16.3 Å². The Bertz CT molecular complexity index is 1870. The highest BCUT2D eigenvalue weighted by molar-refractivity contribution is 6.30. The number of nitrogens with zero attached hydrogens (tertiary/aromatic N) is 6. The van der Waals surface area contributed by atoms with E-state index in [0.29, 0.717) is 45.9 Å². The molecule has 1 unspecified atom stereocenters. The second kappa shape index (κ2) is 11.7. The fraction of sp³-hybridized carbons (Fsp3) is 0.138. The number of tetrazole rings is 1. The molecule has 5 aromatic rings. The van der Waals surface area contributed by atoms with E-state index in [0.717, 1.165) is 5.56 Å². The van der Waals surface area contributed by atoms with E-state index in [1.165, 1.54) is 29.1 Å². The molecule has 0 aliphatic carbocycles. The van der Waals surface area contributed by atoms with Crippen LogP contribution in [0.25, 0.3) is 22.7 Å². The Hall–Kier alpha value is -5.56. The van der Waals surface area contributed by atoms with Gasteiger partial charge in [0.25, 0.3) is 5.91 Å². The third kappa shape index (κ3) is 5.53. The first kappa shape index (κ1) is 27.6. The summed E-state index contributed by atoms with van der Waals surface area (Å²) < 4.78 is 11.6. The number of benzene rings is 3. The zero-order chi connectivity index (χ0) is 29.9. The van der Waals surface area contributed by atoms with Crippen LogP contribution in [0.5, 0.6) is 0 Å². The number of nitrogens with one attached hydrogen (secondary N) is 2. The van der Waals surface area contributed by atoms with Gasteiger partial charge in [0.1, 0.15) is 12.4 Å². The van der Waals surface area contributed by atoms with Crippen LogP contribution in [0.3, 0.4) is 0 Å². The minimum Gasteiger partial charge on any atom is -0.453 e. The van der Waals surface area contributed by atoms with E-state index in [1.54, 1.807) is 42.5 Å². The lowest BCUT2D eigenvalue weighted by Crippen LogP contribution is -2.44. The van der Waals surface area contributed by atoms with Gasteiger partial charge in [-0.25, -0.2) is 4.79 Å². The van der Waals surface area contributed by atoms with Gasteiger partial charge in [-0.3, -0.25) is 14.9 Å². The summed E-state index contributed by atoms with van der Waals surface area (Å²) in [5.41, 5.74) is 3.46. The molecule has 1 aliphatic rings. The van der Waals surface area contributed by atoms with Crippen LogP contribution >= 0.6 is 11.6 Å². The van der Waals surface area contributed by atoms with E-state index < -0.39 is 18.0 Å². The normalized spacial score (nSPS) is 14.5. The van der Waals surface area contributed by atoms with Crippen LogP contribution in [-0.4, -0.2) is 61.8 Å². The van der Waals surface area contributed by atoms with Crippen molar-refractivity contribution in [1.29, 1.82) is 0 Å². The average Bonchev–Trinajstić information content (AvgIpc) is 3.70. The Morgan fingerprint density at radius 3 is 2.77 bits per heavy atom. The molecule has 0 saturated heterocycles. The smallest absolute Gasteiger partial charge is 0.411 e. The van der Waals surface area contributed by atoms with Gasteiger partial charge >= 0.3 is 6.09 Å². The highest BCUT2D eigenvalue weighted by Crippen LogP contribution is 2.34. The van der Waals surface area contributed by atoms with Crippen molar-refractivity contribution in [3.05, 3.63) is 94.8 Å². The zero-order valence-electron chi connectivity index (χ0n) is 22.6. The first-order chi connectivity index (χ1) is 20.9. The Labute approximate surface area is 249 Å². The molecule has 1 aliphatic heterocycles. The quantitative estimate of drug-likeness (QED) is 0.270. The summed E-state index contributed by atoms with van der Waals surface area (Å²) in [6.45, 7) is 0.306. The van der Waals surface area contributed by atoms with Crippen molar-refractivity contribution >= 4 is 58.1 Å². The predicted molar refractivity (Wildman–Crippen MR) is 156 cm³/mol. The van der Waals surface area contributed by atoms with Gasteiger partial charge in [0.2, 0.25) is 5.91 Å².